The molecule has 15 heavy (non-hydrogen) atoms. The monoisotopic (exact) mass is 221 g/mol. The van der Waals surface area contributed by atoms with Gasteiger partial charge in [0.15, 0.2) is 0 Å². The van der Waals surface area contributed by atoms with Crippen LogP contribution in [0.5, 0.6) is 0 Å². The van der Waals surface area contributed by atoms with Crippen molar-refractivity contribution in [3.05, 3.63) is 12.2 Å². The maximum Gasteiger partial charge on any atom is 2.00 e. The third-order valence-electron chi connectivity index (χ3n) is 2.54. The van der Waals surface area contributed by atoms with Gasteiger partial charge in [0, 0.05) is 0 Å². The molecular weight excluding hydrogens is 194 g/mol. The Kier molecular flexibility index (Phi) is 9.55. The molecule has 0 aromatic heterocycles. The van der Waals surface area contributed by atoms with Gasteiger partial charge in [-0.25, -0.2) is 0 Å². The number of nitrogens with zero attached hydrogens (tertiary/aromatic N) is 1. The second kappa shape index (κ2) is 7.91. The number of hydrogen-bond acceptors (Lipinski definition) is 0. The summed E-state index contributed by atoms with van der Waals surface area (Å²) in [6, 6.07) is 0. The molecule has 1 aliphatic heterocycles. The summed E-state index contributed by atoms with van der Waals surface area (Å²) in [4.78, 5) is 0. The molecule has 0 spiro atoms. The molecule has 0 atom stereocenters. The largest absolute Gasteiger partial charge is 2.00 e. The fraction of sp³-hybridized carbons (Fsp3) is 0.923. The fourth-order valence-corrected chi connectivity index (χ4v) is 1.88. The van der Waals surface area contributed by atoms with Crippen LogP contribution in [0.3, 0.4) is 0 Å². The van der Waals surface area contributed by atoms with Crippen LogP contribution in [-0.2, 0) is 0 Å². The Bertz CT molecular complexity index is 137. The summed E-state index contributed by atoms with van der Waals surface area (Å²) in [6.45, 7) is 14.6. The van der Waals surface area contributed by atoms with E-state index in [1.165, 1.54) is 25.7 Å². The minimum Gasteiger partial charge on any atom is -0.652 e. The summed E-state index contributed by atoms with van der Waals surface area (Å²) in [5.74, 6) is 0. The minimum absolute atomic E-state index is 0. The molecule has 0 saturated carbocycles. The molecule has 1 rings (SSSR count). The van der Waals surface area contributed by atoms with E-state index < -0.39 is 0 Å². The topological polar surface area (TPSA) is 14.1 Å². The Morgan fingerprint density at radius 2 is 1.40 bits per heavy atom. The zero-order valence-corrected chi connectivity index (χ0v) is 12.8. The molecule has 1 saturated heterocycles. The van der Waals surface area contributed by atoms with Crippen LogP contribution >= 0.6 is 0 Å². The Morgan fingerprint density at radius 3 is 1.53 bits per heavy atom. The van der Waals surface area contributed by atoms with Crippen LogP contribution in [0, 0.1) is 6.92 Å². The Hall–Kier alpha value is 0.726. The summed E-state index contributed by atoms with van der Waals surface area (Å²) < 4.78 is 0. The van der Waals surface area contributed by atoms with Crippen molar-refractivity contribution in [2.75, 3.05) is 0 Å². The summed E-state index contributed by atoms with van der Waals surface area (Å²) in [5, 5.41) is 4.75. The van der Waals surface area contributed by atoms with Gasteiger partial charge in [-0.05, 0) is 0 Å². The van der Waals surface area contributed by atoms with E-state index in [2.05, 4.69) is 41.5 Å². The van der Waals surface area contributed by atoms with Gasteiger partial charge in [0.1, 0.15) is 0 Å². The van der Waals surface area contributed by atoms with Crippen LogP contribution < -0.4 is 0 Å². The van der Waals surface area contributed by atoms with Crippen molar-refractivity contribution in [2.24, 2.45) is 0 Å². The first-order valence-corrected chi connectivity index (χ1v) is 5.86. The number of rotatable bonds is 1. The summed E-state index contributed by atoms with van der Waals surface area (Å²) in [7, 11) is 0. The van der Waals surface area contributed by atoms with E-state index in [1.54, 1.807) is 0 Å². The van der Waals surface area contributed by atoms with Crippen LogP contribution in [0.2, 0.25) is 0 Å². The van der Waals surface area contributed by atoms with Crippen molar-refractivity contribution in [3.8, 4) is 0 Å². The van der Waals surface area contributed by atoms with Gasteiger partial charge in [-0.3, -0.25) is 0 Å². The summed E-state index contributed by atoms with van der Waals surface area (Å²) in [6.07, 6.45) is 6.14. The molecule has 2 heteroatoms. The predicted octanol–water partition coefficient (Wildman–Crippen LogP) is 4.34. The molecule has 0 aromatic carbocycles. The normalized spacial score (nSPS) is 22.0. The first-order chi connectivity index (χ1) is 6.33. The van der Waals surface area contributed by atoms with Crippen LogP contribution in [-0.4, -0.2) is 34.1 Å². The first kappa shape index (κ1) is 18.1. The predicted molar refractivity (Wildman–Crippen MR) is 71.4 cm³/mol. The SMILES string of the molecule is CC1(C)CCCC(C)(C)[N-]1.[CH2-]CCC.[Mg+2]. The third-order valence-corrected chi connectivity index (χ3v) is 2.54. The molecule has 1 heterocycles. The van der Waals surface area contributed by atoms with Crippen molar-refractivity contribution in [1.82, 2.24) is 0 Å². The zero-order chi connectivity index (χ0) is 11.2. The second-order valence-corrected chi connectivity index (χ2v) is 5.44. The van der Waals surface area contributed by atoms with Gasteiger partial charge in [0.2, 0.25) is 0 Å². The van der Waals surface area contributed by atoms with Crippen molar-refractivity contribution < 1.29 is 0 Å². The molecule has 0 bridgehead atoms. The number of piperidine rings is 1. The van der Waals surface area contributed by atoms with Crippen LogP contribution in [0.4, 0.5) is 0 Å². The molecule has 86 valence electrons. The van der Waals surface area contributed by atoms with E-state index in [9.17, 15) is 0 Å². The van der Waals surface area contributed by atoms with E-state index >= 15 is 0 Å². The molecule has 0 radical (unpaired) electrons. The number of unbranched alkanes of at least 4 members (excludes halogenated alkanes) is 1. The quantitative estimate of drug-likeness (QED) is 0.462. The van der Waals surface area contributed by atoms with Crippen molar-refractivity contribution in [3.63, 3.8) is 0 Å². The Morgan fingerprint density at radius 1 is 1.07 bits per heavy atom. The van der Waals surface area contributed by atoms with E-state index in [0.29, 0.717) is 0 Å². The molecule has 1 fully saturated rings. The Balaban J connectivity index is 0. The van der Waals surface area contributed by atoms with Gasteiger partial charge in [-0.1, -0.05) is 60.3 Å². The molecule has 0 N–H and O–H groups in total. The molecule has 1 aliphatic rings. The summed E-state index contributed by atoms with van der Waals surface area (Å²) in [5.41, 5.74) is 0.476. The average molecular weight is 222 g/mol. The second-order valence-electron chi connectivity index (χ2n) is 5.44. The Labute approximate surface area is 113 Å². The molecule has 0 unspecified atom stereocenters. The third kappa shape index (κ3) is 9.64. The van der Waals surface area contributed by atoms with Crippen LogP contribution in [0.1, 0.15) is 66.7 Å². The fourth-order valence-electron chi connectivity index (χ4n) is 1.88. The van der Waals surface area contributed by atoms with Gasteiger partial charge in [-0.15, -0.1) is 11.1 Å². The molecule has 0 aliphatic carbocycles. The van der Waals surface area contributed by atoms with Crippen molar-refractivity contribution in [1.29, 1.82) is 0 Å². The van der Waals surface area contributed by atoms with Crippen molar-refractivity contribution in [2.45, 2.75) is 77.8 Å². The van der Waals surface area contributed by atoms with Gasteiger partial charge in [0.05, 0.1) is 0 Å². The van der Waals surface area contributed by atoms with Crippen molar-refractivity contribution >= 4 is 23.1 Å². The minimum atomic E-state index is 0. The maximum absolute atomic E-state index is 4.75. The molecule has 1 nitrogen and oxygen atoms in total. The van der Waals surface area contributed by atoms with Crippen LogP contribution in [0.15, 0.2) is 0 Å². The van der Waals surface area contributed by atoms with E-state index in [1.807, 2.05) is 0 Å². The van der Waals surface area contributed by atoms with Gasteiger partial charge in [0.25, 0.3) is 0 Å². The standard InChI is InChI=1S/C9H18N.C4H9.Mg/c1-8(2)6-5-7-9(3,4)10-8;1-3-4-2;/h5-7H2,1-4H3;1,3-4H2,2H3;/q2*-1;+2. The molecule has 0 aromatic rings. The van der Waals surface area contributed by atoms with Gasteiger partial charge in [-0.2, -0.15) is 6.42 Å². The van der Waals surface area contributed by atoms with E-state index in [0.717, 1.165) is 6.42 Å². The zero-order valence-electron chi connectivity index (χ0n) is 11.4. The van der Waals surface area contributed by atoms with Gasteiger partial charge >= 0.3 is 23.1 Å². The van der Waals surface area contributed by atoms with Crippen LogP contribution in [0.25, 0.3) is 5.32 Å². The maximum atomic E-state index is 4.75. The molecular formula is C13H27MgN. The number of hydrogen-bond donors (Lipinski definition) is 0. The first-order valence-electron chi connectivity index (χ1n) is 5.86. The molecule has 0 amide bonds. The summed E-state index contributed by atoms with van der Waals surface area (Å²) >= 11 is 0. The van der Waals surface area contributed by atoms with Gasteiger partial charge < -0.3 is 12.2 Å². The smallest absolute Gasteiger partial charge is 0.652 e. The van der Waals surface area contributed by atoms with E-state index in [-0.39, 0.29) is 34.1 Å². The van der Waals surface area contributed by atoms with E-state index in [4.69, 9.17) is 5.32 Å². The average Bonchev–Trinajstić information content (AvgIpc) is 2.00.